The van der Waals surface area contributed by atoms with Gasteiger partial charge in [0.25, 0.3) is 0 Å². The van der Waals surface area contributed by atoms with Gasteiger partial charge in [0.1, 0.15) is 0 Å². The van der Waals surface area contributed by atoms with E-state index in [1.165, 1.54) is 0 Å². The molecule has 0 spiro atoms. The van der Waals surface area contributed by atoms with Gasteiger partial charge in [-0.05, 0) is 33.0 Å². The third-order valence-electron chi connectivity index (χ3n) is 1.86. The van der Waals surface area contributed by atoms with Gasteiger partial charge in [-0.1, -0.05) is 0 Å². The molecule has 0 aromatic rings. The number of hydrogen-bond acceptors (Lipinski definition) is 2. The van der Waals surface area contributed by atoms with Crippen LogP contribution in [0.4, 0.5) is 0 Å². The molecule has 0 N–H and O–H groups in total. The highest BCUT2D eigenvalue weighted by molar-refractivity contribution is 6.69. The van der Waals surface area contributed by atoms with Crippen LogP contribution in [0.15, 0.2) is 0 Å². The van der Waals surface area contributed by atoms with E-state index in [1.54, 1.807) is 7.11 Å². The van der Waals surface area contributed by atoms with Crippen LogP contribution < -0.4 is 0 Å². The van der Waals surface area contributed by atoms with E-state index in [9.17, 15) is 0 Å². The summed E-state index contributed by atoms with van der Waals surface area (Å²) in [6, 6.07) is 0. The van der Waals surface area contributed by atoms with Crippen LogP contribution in [0.2, 0.25) is 19.6 Å². The number of terminal acetylenes is 1. The van der Waals surface area contributed by atoms with Gasteiger partial charge in [-0.3, -0.25) is 0 Å². The average Bonchev–Trinajstić information content (AvgIpc) is 1.98. The van der Waals surface area contributed by atoms with E-state index in [0.717, 1.165) is 6.42 Å². The molecule has 14 heavy (non-hydrogen) atoms. The Hall–Kier alpha value is -0.303. The molecule has 0 amide bonds. The third kappa shape index (κ3) is 6.20. The largest absolute Gasteiger partial charge is 0.411 e. The van der Waals surface area contributed by atoms with Crippen LogP contribution in [-0.4, -0.2) is 27.6 Å². The van der Waals surface area contributed by atoms with Gasteiger partial charge in [0, 0.05) is 20.1 Å². The lowest BCUT2D eigenvalue weighted by Crippen LogP contribution is -2.41. The van der Waals surface area contributed by atoms with Crippen LogP contribution in [0.1, 0.15) is 19.8 Å². The number of methoxy groups -OCH3 is 1. The molecule has 3 heteroatoms. The molecular formula is C11H22O2Si. The topological polar surface area (TPSA) is 18.5 Å². The quantitative estimate of drug-likeness (QED) is 0.500. The van der Waals surface area contributed by atoms with Gasteiger partial charge < -0.3 is 9.16 Å². The van der Waals surface area contributed by atoms with Crippen LogP contribution >= 0.6 is 0 Å². The van der Waals surface area contributed by atoms with Crippen molar-refractivity contribution in [3.63, 3.8) is 0 Å². The molecule has 2 nitrogen and oxygen atoms in total. The zero-order chi connectivity index (χ0) is 11.2. The smallest absolute Gasteiger partial charge is 0.184 e. The van der Waals surface area contributed by atoms with Crippen molar-refractivity contribution in [3.8, 4) is 12.3 Å². The molecule has 1 atom stereocenters. The Labute approximate surface area is 89.1 Å². The first kappa shape index (κ1) is 13.7. The Balaban J connectivity index is 4.32. The maximum atomic E-state index is 6.08. The molecule has 0 saturated heterocycles. The fraction of sp³-hybridized carbons (Fsp3) is 0.818. The second kappa shape index (κ2) is 5.55. The molecule has 0 radical (unpaired) electrons. The fourth-order valence-corrected chi connectivity index (χ4v) is 3.10. The Morgan fingerprint density at radius 3 is 2.29 bits per heavy atom. The van der Waals surface area contributed by atoms with Gasteiger partial charge in [-0.25, -0.2) is 0 Å². The summed E-state index contributed by atoms with van der Waals surface area (Å²) in [5.74, 6) is 2.68. The van der Waals surface area contributed by atoms with Crippen LogP contribution in [0.3, 0.4) is 0 Å². The molecule has 0 fully saturated rings. The maximum absolute atomic E-state index is 6.08. The molecule has 0 aliphatic rings. The van der Waals surface area contributed by atoms with Crippen molar-refractivity contribution >= 4 is 8.32 Å². The molecule has 0 heterocycles. The summed E-state index contributed by atoms with van der Waals surface area (Å²) in [7, 11) is 0.168. The van der Waals surface area contributed by atoms with Gasteiger partial charge in [0.05, 0.1) is 5.60 Å². The average molecular weight is 214 g/mol. The fourth-order valence-electron chi connectivity index (χ4n) is 1.45. The molecule has 0 bridgehead atoms. The predicted molar refractivity (Wildman–Crippen MR) is 62.8 cm³/mol. The molecule has 0 aliphatic heterocycles. The Morgan fingerprint density at radius 1 is 1.36 bits per heavy atom. The highest BCUT2D eigenvalue weighted by atomic mass is 28.4. The van der Waals surface area contributed by atoms with Crippen LogP contribution in [0, 0.1) is 12.3 Å². The first-order chi connectivity index (χ1) is 6.33. The number of rotatable bonds is 6. The summed E-state index contributed by atoms with van der Waals surface area (Å²) in [4.78, 5) is 0. The molecule has 0 aromatic carbocycles. The molecule has 0 aromatic heterocycles. The van der Waals surface area contributed by atoms with Gasteiger partial charge in [-0.2, -0.15) is 0 Å². The summed E-state index contributed by atoms with van der Waals surface area (Å²) in [6.07, 6.45) is 6.86. The predicted octanol–water partition coefficient (Wildman–Crippen LogP) is 2.66. The van der Waals surface area contributed by atoms with Crippen molar-refractivity contribution in [2.75, 3.05) is 13.7 Å². The Kier molecular flexibility index (Phi) is 5.43. The summed E-state index contributed by atoms with van der Waals surface area (Å²) < 4.78 is 11.1. The van der Waals surface area contributed by atoms with Crippen molar-refractivity contribution in [1.29, 1.82) is 0 Å². The monoisotopic (exact) mass is 214 g/mol. The van der Waals surface area contributed by atoms with E-state index in [4.69, 9.17) is 15.6 Å². The zero-order valence-corrected chi connectivity index (χ0v) is 11.0. The minimum absolute atomic E-state index is 0.213. The standard InChI is InChI=1S/C11H22O2Si/c1-7-8-11(2,9-10-12-3)13-14(4,5)6/h1H,8-10H2,2-6H3. The molecule has 0 saturated carbocycles. The lowest BCUT2D eigenvalue weighted by atomic mass is 9.99. The Morgan fingerprint density at radius 2 is 1.93 bits per heavy atom. The van der Waals surface area contributed by atoms with Crippen LogP contribution in [0.5, 0.6) is 0 Å². The first-order valence-corrected chi connectivity index (χ1v) is 8.36. The van der Waals surface area contributed by atoms with Gasteiger partial charge in [-0.15, -0.1) is 12.3 Å². The van der Waals surface area contributed by atoms with Crippen molar-refractivity contribution in [2.24, 2.45) is 0 Å². The van der Waals surface area contributed by atoms with E-state index in [0.29, 0.717) is 13.0 Å². The van der Waals surface area contributed by atoms with E-state index >= 15 is 0 Å². The summed E-state index contributed by atoms with van der Waals surface area (Å²) >= 11 is 0. The van der Waals surface area contributed by atoms with Crippen molar-refractivity contribution in [3.05, 3.63) is 0 Å². The van der Waals surface area contributed by atoms with E-state index < -0.39 is 8.32 Å². The third-order valence-corrected chi connectivity index (χ3v) is 2.97. The van der Waals surface area contributed by atoms with Gasteiger partial charge in [0.15, 0.2) is 8.32 Å². The minimum atomic E-state index is -1.53. The molecular weight excluding hydrogens is 192 g/mol. The first-order valence-electron chi connectivity index (χ1n) is 4.95. The van der Waals surface area contributed by atoms with Crippen molar-refractivity contribution in [1.82, 2.24) is 0 Å². The number of hydrogen-bond donors (Lipinski definition) is 0. The van der Waals surface area contributed by atoms with E-state index in [1.807, 2.05) is 0 Å². The molecule has 82 valence electrons. The normalized spacial score (nSPS) is 16.0. The van der Waals surface area contributed by atoms with E-state index in [2.05, 4.69) is 32.5 Å². The minimum Gasteiger partial charge on any atom is -0.411 e. The second-order valence-electron chi connectivity index (χ2n) is 4.79. The molecule has 0 aliphatic carbocycles. The van der Waals surface area contributed by atoms with Crippen molar-refractivity contribution < 1.29 is 9.16 Å². The Bertz CT molecular complexity index is 202. The summed E-state index contributed by atoms with van der Waals surface area (Å²) in [5, 5.41) is 0. The van der Waals surface area contributed by atoms with E-state index in [-0.39, 0.29) is 5.60 Å². The van der Waals surface area contributed by atoms with Gasteiger partial charge in [0.2, 0.25) is 0 Å². The van der Waals surface area contributed by atoms with Crippen molar-refractivity contribution in [2.45, 2.75) is 45.0 Å². The lowest BCUT2D eigenvalue weighted by molar-refractivity contribution is 0.0452. The highest BCUT2D eigenvalue weighted by Gasteiger charge is 2.30. The second-order valence-corrected chi connectivity index (χ2v) is 9.22. The van der Waals surface area contributed by atoms with Gasteiger partial charge >= 0.3 is 0 Å². The zero-order valence-electron chi connectivity index (χ0n) is 10.0. The summed E-state index contributed by atoms with van der Waals surface area (Å²) in [6.45, 7) is 9.30. The SMILES string of the molecule is C#CCC(C)(CCOC)O[Si](C)(C)C. The van der Waals surface area contributed by atoms with Crippen LogP contribution in [0.25, 0.3) is 0 Å². The maximum Gasteiger partial charge on any atom is 0.184 e. The lowest BCUT2D eigenvalue weighted by Gasteiger charge is -2.35. The highest BCUT2D eigenvalue weighted by Crippen LogP contribution is 2.24. The molecule has 0 rings (SSSR count). The van der Waals surface area contributed by atoms with Crippen LogP contribution in [-0.2, 0) is 9.16 Å². The number of ether oxygens (including phenoxy) is 1. The summed E-state index contributed by atoms with van der Waals surface area (Å²) in [5.41, 5.74) is -0.213. The molecule has 1 unspecified atom stereocenters.